The van der Waals surface area contributed by atoms with Crippen LogP contribution in [0.1, 0.15) is 25.2 Å². The van der Waals surface area contributed by atoms with E-state index in [0.29, 0.717) is 6.61 Å². The van der Waals surface area contributed by atoms with Crippen molar-refractivity contribution in [3.05, 3.63) is 59.9 Å². The van der Waals surface area contributed by atoms with Crippen molar-refractivity contribution in [3.8, 4) is 5.75 Å². The van der Waals surface area contributed by atoms with Crippen molar-refractivity contribution in [2.75, 3.05) is 0 Å². The summed E-state index contributed by atoms with van der Waals surface area (Å²) >= 11 is 0. The van der Waals surface area contributed by atoms with Gasteiger partial charge >= 0.3 is 0 Å². The minimum Gasteiger partial charge on any atom is -0.486 e. The number of hydrogen-bond acceptors (Lipinski definition) is 3. The number of imidazole rings is 1. The highest BCUT2D eigenvalue weighted by Crippen LogP contribution is 2.18. The van der Waals surface area contributed by atoms with Crippen molar-refractivity contribution < 1.29 is 9.53 Å². The Bertz CT molecular complexity index is 866. The van der Waals surface area contributed by atoms with E-state index in [9.17, 15) is 4.79 Å². The molecule has 5 nitrogen and oxygen atoms in total. The van der Waals surface area contributed by atoms with Crippen molar-refractivity contribution in [2.45, 2.75) is 40.0 Å². The minimum absolute atomic E-state index is 0.0326. The number of benzene rings is 2. The lowest BCUT2D eigenvalue weighted by atomic mass is 10.2. The quantitative estimate of drug-likeness (QED) is 0.749. The van der Waals surface area contributed by atoms with E-state index < -0.39 is 0 Å². The first kappa shape index (κ1) is 17.0. The number of aryl methyl sites for hydroxylation is 1. The molecule has 0 aliphatic rings. The van der Waals surface area contributed by atoms with Crippen LogP contribution in [0.3, 0.4) is 0 Å². The summed E-state index contributed by atoms with van der Waals surface area (Å²) < 4.78 is 7.78. The van der Waals surface area contributed by atoms with Crippen LogP contribution in [-0.4, -0.2) is 21.5 Å². The van der Waals surface area contributed by atoms with Gasteiger partial charge in [0, 0.05) is 6.04 Å². The molecule has 25 heavy (non-hydrogen) atoms. The van der Waals surface area contributed by atoms with Crippen molar-refractivity contribution in [2.24, 2.45) is 0 Å². The number of para-hydroxylation sites is 2. The first-order chi connectivity index (χ1) is 12.0. The fraction of sp³-hybridized carbons (Fsp3) is 0.300. The highest BCUT2D eigenvalue weighted by Gasteiger charge is 2.14. The maximum Gasteiger partial charge on any atom is 0.240 e. The van der Waals surface area contributed by atoms with E-state index >= 15 is 0 Å². The zero-order chi connectivity index (χ0) is 17.8. The van der Waals surface area contributed by atoms with Gasteiger partial charge in [0.2, 0.25) is 5.91 Å². The summed E-state index contributed by atoms with van der Waals surface area (Å²) in [6.45, 7) is 6.48. The Kier molecular flexibility index (Phi) is 5.03. The zero-order valence-electron chi connectivity index (χ0n) is 14.8. The molecule has 130 valence electrons. The van der Waals surface area contributed by atoms with Gasteiger partial charge in [0.15, 0.2) is 0 Å². The Hall–Kier alpha value is -2.82. The van der Waals surface area contributed by atoms with Crippen molar-refractivity contribution >= 4 is 16.9 Å². The summed E-state index contributed by atoms with van der Waals surface area (Å²) in [5, 5.41) is 2.92. The lowest BCUT2D eigenvalue weighted by Gasteiger charge is -2.12. The number of nitrogens with one attached hydrogen (secondary N) is 1. The number of hydrogen-bond donors (Lipinski definition) is 1. The second-order valence-corrected chi connectivity index (χ2v) is 6.43. The van der Waals surface area contributed by atoms with Gasteiger partial charge in [-0.2, -0.15) is 0 Å². The molecule has 5 heteroatoms. The second kappa shape index (κ2) is 7.38. The van der Waals surface area contributed by atoms with E-state index in [0.717, 1.165) is 22.6 Å². The summed E-state index contributed by atoms with van der Waals surface area (Å²) in [6, 6.07) is 15.8. The smallest absolute Gasteiger partial charge is 0.240 e. The van der Waals surface area contributed by atoms with E-state index in [4.69, 9.17) is 4.74 Å². The molecule has 1 amide bonds. The predicted octanol–water partition coefficient (Wildman–Crippen LogP) is 3.45. The normalized spacial score (nSPS) is 11.0. The second-order valence-electron chi connectivity index (χ2n) is 6.43. The number of fused-ring (bicyclic) bond motifs is 1. The van der Waals surface area contributed by atoms with E-state index in [2.05, 4.69) is 10.3 Å². The number of carbonyl (C=O) groups excluding carboxylic acids is 1. The first-order valence-electron chi connectivity index (χ1n) is 8.46. The van der Waals surface area contributed by atoms with Crippen LogP contribution in [0.25, 0.3) is 11.0 Å². The summed E-state index contributed by atoms with van der Waals surface area (Å²) in [4.78, 5) is 16.9. The van der Waals surface area contributed by atoms with Gasteiger partial charge in [-0.05, 0) is 45.0 Å². The van der Waals surface area contributed by atoms with E-state index in [-0.39, 0.29) is 18.5 Å². The molecule has 0 saturated carbocycles. The Morgan fingerprint density at radius 2 is 1.88 bits per heavy atom. The first-order valence-corrected chi connectivity index (χ1v) is 8.46. The SMILES string of the molecule is Cc1ccc(OCc2nc3ccccc3n2CC(=O)NC(C)C)cc1. The van der Waals surface area contributed by atoms with Crippen LogP contribution < -0.4 is 10.1 Å². The van der Waals surface area contributed by atoms with E-state index in [1.54, 1.807) is 0 Å². The molecule has 0 saturated heterocycles. The highest BCUT2D eigenvalue weighted by atomic mass is 16.5. The average Bonchev–Trinajstić information content (AvgIpc) is 2.91. The number of nitrogens with zero attached hydrogens (tertiary/aromatic N) is 2. The Labute approximate surface area is 147 Å². The van der Waals surface area contributed by atoms with Gasteiger partial charge < -0.3 is 14.6 Å². The molecule has 1 aromatic heterocycles. The third-order valence-electron chi connectivity index (χ3n) is 3.87. The fourth-order valence-corrected chi connectivity index (χ4v) is 2.71. The number of rotatable bonds is 6. The maximum absolute atomic E-state index is 12.2. The molecule has 0 fully saturated rings. The Balaban J connectivity index is 1.84. The summed E-state index contributed by atoms with van der Waals surface area (Å²) in [6.07, 6.45) is 0. The van der Waals surface area contributed by atoms with Crippen LogP contribution in [0.4, 0.5) is 0 Å². The molecular formula is C20H23N3O2. The van der Waals surface area contributed by atoms with Crippen molar-refractivity contribution in [1.29, 1.82) is 0 Å². The standard InChI is InChI=1S/C20H23N3O2/c1-14(2)21-20(24)12-23-18-7-5-4-6-17(18)22-19(23)13-25-16-10-8-15(3)9-11-16/h4-11,14H,12-13H2,1-3H3,(H,21,24). The summed E-state index contributed by atoms with van der Waals surface area (Å²) in [5.41, 5.74) is 2.98. The van der Waals surface area contributed by atoms with Gasteiger partial charge in [0.25, 0.3) is 0 Å². The molecule has 0 spiro atoms. The van der Waals surface area contributed by atoms with Gasteiger partial charge in [-0.15, -0.1) is 0 Å². The van der Waals surface area contributed by atoms with Crippen LogP contribution in [0.2, 0.25) is 0 Å². The zero-order valence-corrected chi connectivity index (χ0v) is 14.8. The summed E-state index contributed by atoms with van der Waals surface area (Å²) in [7, 11) is 0. The molecule has 0 aliphatic carbocycles. The Morgan fingerprint density at radius 3 is 2.60 bits per heavy atom. The fourth-order valence-electron chi connectivity index (χ4n) is 2.71. The van der Waals surface area contributed by atoms with Crippen molar-refractivity contribution in [1.82, 2.24) is 14.9 Å². The molecule has 3 aromatic rings. The number of carbonyl (C=O) groups is 1. The predicted molar refractivity (Wildman–Crippen MR) is 98.5 cm³/mol. The van der Waals surface area contributed by atoms with Crippen LogP contribution in [-0.2, 0) is 17.9 Å². The van der Waals surface area contributed by atoms with E-state index in [1.807, 2.05) is 73.9 Å². The van der Waals surface area contributed by atoms with Gasteiger partial charge in [-0.1, -0.05) is 29.8 Å². The lowest BCUT2D eigenvalue weighted by Crippen LogP contribution is -2.33. The molecule has 0 radical (unpaired) electrons. The molecular weight excluding hydrogens is 314 g/mol. The molecule has 0 unspecified atom stereocenters. The third-order valence-corrected chi connectivity index (χ3v) is 3.87. The maximum atomic E-state index is 12.2. The average molecular weight is 337 g/mol. The van der Waals surface area contributed by atoms with Gasteiger partial charge in [-0.25, -0.2) is 4.98 Å². The van der Waals surface area contributed by atoms with Crippen LogP contribution in [0, 0.1) is 6.92 Å². The molecule has 0 bridgehead atoms. The molecule has 1 N–H and O–H groups in total. The molecule has 0 atom stereocenters. The van der Waals surface area contributed by atoms with Crippen molar-refractivity contribution in [3.63, 3.8) is 0 Å². The molecule has 1 heterocycles. The minimum atomic E-state index is -0.0326. The number of amides is 1. The van der Waals surface area contributed by atoms with Gasteiger partial charge in [0.05, 0.1) is 11.0 Å². The lowest BCUT2D eigenvalue weighted by molar-refractivity contribution is -0.122. The van der Waals surface area contributed by atoms with Crippen LogP contribution in [0.15, 0.2) is 48.5 Å². The molecule has 2 aromatic carbocycles. The van der Waals surface area contributed by atoms with E-state index in [1.165, 1.54) is 5.56 Å². The van der Waals surface area contributed by atoms with Crippen LogP contribution in [0.5, 0.6) is 5.75 Å². The Morgan fingerprint density at radius 1 is 1.16 bits per heavy atom. The summed E-state index contributed by atoms with van der Waals surface area (Å²) in [5.74, 6) is 1.49. The third kappa shape index (κ3) is 4.18. The number of ether oxygens (including phenoxy) is 1. The van der Waals surface area contributed by atoms with Crippen LogP contribution >= 0.6 is 0 Å². The molecule has 3 rings (SSSR count). The largest absolute Gasteiger partial charge is 0.486 e. The topological polar surface area (TPSA) is 56.2 Å². The van der Waals surface area contributed by atoms with Gasteiger partial charge in [-0.3, -0.25) is 4.79 Å². The number of aromatic nitrogens is 2. The monoisotopic (exact) mass is 337 g/mol. The highest BCUT2D eigenvalue weighted by molar-refractivity contribution is 5.81. The molecule has 0 aliphatic heterocycles. The van der Waals surface area contributed by atoms with Gasteiger partial charge in [0.1, 0.15) is 24.7 Å².